The summed E-state index contributed by atoms with van der Waals surface area (Å²) >= 11 is 0. The SMILES string of the molecule is c1ccc2c(c1)Cc1c-2ccc2c1c1ccccc1n1c3ccccc3nc21. The van der Waals surface area contributed by atoms with Crippen LogP contribution in [-0.4, -0.2) is 9.38 Å². The molecule has 2 heteroatoms. The first-order chi connectivity index (χ1) is 13.9. The lowest BCUT2D eigenvalue weighted by molar-refractivity contribution is 1.28. The van der Waals surface area contributed by atoms with Crippen molar-refractivity contribution in [2.45, 2.75) is 6.42 Å². The molecule has 0 spiro atoms. The summed E-state index contributed by atoms with van der Waals surface area (Å²) in [6, 6.07) is 30.5. The van der Waals surface area contributed by atoms with Crippen LogP contribution in [-0.2, 0) is 6.42 Å². The van der Waals surface area contributed by atoms with Gasteiger partial charge in [0, 0.05) is 10.8 Å². The summed E-state index contributed by atoms with van der Waals surface area (Å²) in [5.41, 5.74) is 10.1. The number of nitrogens with zero attached hydrogens (tertiary/aromatic N) is 2. The van der Waals surface area contributed by atoms with E-state index < -0.39 is 0 Å². The molecule has 0 bridgehead atoms. The third kappa shape index (κ3) is 1.66. The number of aromatic nitrogens is 2. The Labute approximate surface area is 161 Å². The summed E-state index contributed by atoms with van der Waals surface area (Å²) in [4.78, 5) is 5.03. The van der Waals surface area contributed by atoms with Crippen molar-refractivity contribution in [1.82, 2.24) is 9.38 Å². The van der Waals surface area contributed by atoms with E-state index in [4.69, 9.17) is 4.98 Å². The van der Waals surface area contributed by atoms with Crippen LogP contribution < -0.4 is 0 Å². The summed E-state index contributed by atoms with van der Waals surface area (Å²) in [5, 5.41) is 3.89. The number of pyridine rings is 1. The molecule has 2 aromatic heterocycles. The molecular weight excluding hydrogens is 340 g/mol. The zero-order valence-electron chi connectivity index (χ0n) is 15.2. The van der Waals surface area contributed by atoms with Crippen molar-refractivity contribution in [2.75, 3.05) is 0 Å². The molecular formula is C26H16N2. The van der Waals surface area contributed by atoms with Gasteiger partial charge in [0.2, 0.25) is 0 Å². The van der Waals surface area contributed by atoms with Crippen LogP contribution in [0.15, 0.2) is 84.9 Å². The maximum atomic E-state index is 5.03. The van der Waals surface area contributed by atoms with Gasteiger partial charge in [-0.25, -0.2) is 4.98 Å². The Morgan fingerprint density at radius 3 is 2.39 bits per heavy atom. The van der Waals surface area contributed by atoms with E-state index in [0.717, 1.165) is 17.6 Å². The molecule has 0 aliphatic heterocycles. The van der Waals surface area contributed by atoms with Gasteiger partial charge in [-0.1, -0.05) is 60.7 Å². The Balaban J connectivity index is 1.77. The van der Waals surface area contributed by atoms with Gasteiger partial charge in [0.25, 0.3) is 0 Å². The summed E-state index contributed by atoms with van der Waals surface area (Å²) in [6.07, 6.45) is 0.989. The van der Waals surface area contributed by atoms with Crippen molar-refractivity contribution in [3.63, 3.8) is 0 Å². The van der Waals surface area contributed by atoms with Gasteiger partial charge in [-0.3, -0.25) is 4.40 Å². The van der Waals surface area contributed by atoms with Gasteiger partial charge in [-0.2, -0.15) is 0 Å². The molecule has 0 amide bonds. The number of imidazole rings is 1. The van der Waals surface area contributed by atoms with Gasteiger partial charge < -0.3 is 0 Å². The minimum absolute atomic E-state index is 0.989. The maximum Gasteiger partial charge on any atom is 0.146 e. The molecule has 28 heavy (non-hydrogen) atoms. The van der Waals surface area contributed by atoms with E-state index in [9.17, 15) is 0 Å². The summed E-state index contributed by atoms with van der Waals surface area (Å²) < 4.78 is 2.32. The van der Waals surface area contributed by atoms with Gasteiger partial charge >= 0.3 is 0 Å². The predicted molar refractivity (Wildman–Crippen MR) is 116 cm³/mol. The molecule has 0 unspecified atom stereocenters. The molecule has 0 atom stereocenters. The van der Waals surface area contributed by atoms with Gasteiger partial charge in [0.05, 0.1) is 16.6 Å². The third-order valence-corrected chi connectivity index (χ3v) is 6.20. The van der Waals surface area contributed by atoms with E-state index in [0.29, 0.717) is 0 Å². The van der Waals surface area contributed by atoms with E-state index in [1.165, 1.54) is 49.4 Å². The second kappa shape index (κ2) is 4.99. The van der Waals surface area contributed by atoms with E-state index >= 15 is 0 Å². The van der Waals surface area contributed by atoms with Crippen molar-refractivity contribution in [3.05, 3.63) is 96.1 Å². The number of fused-ring (bicyclic) bond motifs is 12. The molecule has 4 aromatic carbocycles. The third-order valence-electron chi connectivity index (χ3n) is 6.20. The summed E-state index contributed by atoms with van der Waals surface area (Å²) in [7, 11) is 0. The van der Waals surface area contributed by atoms with Crippen LogP contribution in [0.3, 0.4) is 0 Å². The number of hydrogen-bond donors (Lipinski definition) is 0. The van der Waals surface area contributed by atoms with Crippen molar-refractivity contribution in [3.8, 4) is 11.1 Å². The van der Waals surface area contributed by atoms with Crippen LogP contribution in [0.4, 0.5) is 0 Å². The average molecular weight is 356 g/mol. The van der Waals surface area contributed by atoms with Crippen LogP contribution in [0.5, 0.6) is 0 Å². The van der Waals surface area contributed by atoms with Crippen molar-refractivity contribution < 1.29 is 0 Å². The summed E-state index contributed by atoms with van der Waals surface area (Å²) in [6.45, 7) is 0. The van der Waals surface area contributed by atoms with Crippen LogP contribution in [0.25, 0.3) is 49.5 Å². The first-order valence-electron chi connectivity index (χ1n) is 9.72. The topological polar surface area (TPSA) is 17.3 Å². The summed E-state index contributed by atoms with van der Waals surface area (Å²) in [5.74, 6) is 0. The largest absolute Gasteiger partial charge is 0.292 e. The Morgan fingerprint density at radius 1 is 0.643 bits per heavy atom. The fraction of sp³-hybridized carbons (Fsp3) is 0.0385. The molecule has 2 heterocycles. The molecule has 2 nitrogen and oxygen atoms in total. The normalized spacial score (nSPS) is 12.9. The van der Waals surface area contributed by atoms with Gasteiger partial charge in [-0.15, -0.1) is 0 Å². The van der Waals surface area contributed by atoms with Gasteiger partial charge in [0.1, 0.15) is 5.65 Å². The Bertz CT molecular complexity index is 1590. The lowest BCUT2D eigenvalue weighted by Crippen LogP contribution is -1.94. The standard InChI is InChI=1S/C26H16N2/c1-2-8-17-16(7-1)15-21-18(17)13-14-20-25(21)19-9-3-5-11-23(19)28-24-12-6-4-10-22(24)27-26(20)28/h1-14H,15H2. The Hall–Kier alpha value is -3.65. The number of para-hydroxylation sites is 3. The Kier molecular flexibility index (Phi) is 2.57. The van der Waals surface area contributed by atoms with E-state index in [-0.39, 0.29) is 0 Å². The molecule has 0 saturated heterocycles. The van der Waals surface area contributed by atoms with E-state index in [1.807, 2.05) is 0 Å². The minimum Gasteiger partial charge on any atom is -0.292 e. The zero-order valence-corrected chi connectivity index (χ0v) is 15.2. The zero-order chi connectivity index (χ0) is 18.2. The fourth-order valence-corrected chi connectivity index (χ4v) is 5.04. The first-order valence-corrected chi connectivity index (χ1v) is 9.72. The molecule has 7 rings (SSSR count). The molecule has 0 saturated carbocycles. The predicted octanol–water partition coefficient (Wildman–Crippen LogP) is 6.37. The smallest absolute Gasteiger partial charge is 0.146 e. The van der Waals surface area contributed by atoms with Crippen LogP contribution in [0.1, 0.15) is 11.1 Å². The van der Waals surface area contributed by atoms with Crippen LogP contribution in [0, 0.1) is 0 Å². The van der Waals surface area contributed by atoms with Crippen LogP contribution in [0.2, 0.25) is 0 Å². The second-order valence-electron chi connectivity index (χ2n) is 7.62. The number of hydrogen-bond acceptors (Lipinski definition) is 1. The Morgan fingerprint density at radius 2 is 1.43 bits per heavy atom. The number of benzene rings is 4. The maximum absolute atomic E-state index is 5.03. The molecule has 130 valence electrons. The highest BCUT2D eigenvalue weighted by Crippen LogP contribution is 2.43. The number of rotatable bonds is 0. The molecule has 6 aromatic rings. The lowest BCUT2D eigenvalue weighted by Gasteiger charge is -2.12. The van der Waals surface area contributed by atoms with Crippen molar-refractivity contribution in [1.29, 1.82) is 0 Å². The van der Waals surface area contributed by atoms with Gasteiger partial charge in [-0.05, 0) is 58.3 Å². The quantitative estimate of drug-likeness (QED) is 0.289. The van der Waals surface area contributed by atoms with Crippen molar-refractivity contribution in [2.24, 2.45) is 0 Å². The van der Waals surface area contributed by atoms with Gasteiger partial charge in [0.15, 0.2) is 0 Å². The highest BCUT2D eigenvalue weighted by atomic mass is 15.0. The fourth-order valence-electron chi connectivity index (χ4n) is 5.04. The molecule has 1 aliphatic rings. The van der Waals surface area contributed by atoms with E-state index in [1.54, 1.807) is 0 Å². The monoisotopic (exact) mass is 356 g/mol. The lowest BCUT2D eigenvalue weighted by atomic mass is 9.96. The molecule has 0 fully saturated rings. The highest BCUT2D eigenvalue weighted by Gasteiger charge is 2.23. The molecule has 0 N–H and O–H groups in total. The average Bonchev–Trinajstić information content (AvgIpc) is 3.32. The van der Waals surface area contributed by atoms with Crippen LogP contribution >= 0.6 is 0 Å². The van der Waals surface area contributed by atoms with E-state index in [2.05, 4.69) is 89.3 Å². The highest BCUT2D eigenvalue weighted by molar-refractivity contribution is 6.17. The molecule has 1 aliphatic carbocycles. The first kappa shape index (κ1) is 14.4. The van der Waals surface area contributed by atoms with Crippen molar-refractivity contribution >= 4 is 38.4 Å². The minimum atomic E-state index is 0.989. The molecule has 0 radical (unpaired) electrons. The second-order valence-corrected chi connectivity index (χ2v) is 7.62.